The molecule has 27 heavy (non-hydrogen) atoms. The summed E-state index contributed by atoms with van der Waals surface area (Å²) in [6.45, 7) is 6.62. The van der Waals surface area contributed by atoms with E-state index in [1.165, 1.54) is 15.6 Å². The summed E-state index contributed by atoms with van der Waals surface area (Å²) in [7, 11) is -3.46. The summed E-state index contributed by atoms with van der Waals surface area (Å²) >= 11 is 1.36. The van der Waals surface area contributed by atoms with Gasteiger partial charge >= 0.3 is 0 Å². The zero-order valence-electron chi connectivity index (χ0n) is 16.1. The zero-order chi connectivity index (χ0) is 19.9. The Bertz CT molecular complexity index is 841. The van der Waals surface area contributed by atoms with Crippen LogP contribution in [0.25, 0.3) is 11.3 Å². The minimum atomic E-state index is -3.46. The number of nitrogens with zero attached hydrogens (tertiary/aromatic N) is 2. The number of sulfonamides is 1. The standard InChI is InChI=1S/C19H27N3O3S2/c1-4-7-8-9-18(23)21-19-20-17(14-26-19)15-10-12-16(13-11-15)27(24,25)22(5-2)6-3/h10-14H,4-9H2,1-3H3,(H,20,21,23). The lowest BCUT2D eigenvalue weighted by atomic mass is 10.2. The normalized spacial score (nSPS) is 11.7. The number of benzene rings is 1. The van der Waals surface area contributed by atoms with E-state index in [1.54, 1.807) is 24.3 Å². The van der Waals surface area contributed by atoms with Gasteiger partial charge in [-0.15, -0.1) is 11.3 Å². The number of unbranched alkanes of at least 4 members (excludes halogenated alkanes) is 2. The van der Waals surface area contributed by atoms with E-state index in [9.17, 15) is 13.2 Å². The van der Waals surface area contributed by atoms with Crippen LogP contribution in [0.4, 0.5) is 5.13 Å². The molecule has 148 valence electrons. The molecule has 0 atom stereocenters. The molecule has 1 aromatic heterocycles. The predicted molar refractivity (Wildman–Crippen MR) is 110 cm³/mol. The molecule has 1 amide bonds. The van der Waals surface area contributed by atoms with Gasteiger partial charge in [0.1, 0.15) is 0 Å². The fraction of sp³-hybridized carbons (Fsp3) is 0.474. The molecule has 0 bridgehead atoms. The molecular weight excluding hydrogens is 382 g/mol. The summed E-state index contributed by atoms with van der Waals surface area (Å²) in [4.78, 5) is 16.6. The molecule has 2 rings (SSSR count). The first-order valence-electron chi connectivity index (χ1n) is 9.28. The maximum atomic E-state index is 12.5. The highest BCUT2D eigenvalue weighted by atomic mass is 32.2. The van der Waals surface area contributed by atoms with Crippen LogP contribution in [-0.2, 0) is 14.8 Å². The van der Waals surface area contributed by atoms with Gasteiger partial charge in [-0.1, -0.05) is 45.7 Å². The third kappa shape index (κ3) is 5.60. The van der Waals surface area contributed by atoms with E-state index in [2.05, 4.69) is 17.2 Å². The summed E-state index contributed by atoms with van der Waals surface area (Å²) in [5, 5.41) is 5.24. The van der Waals surface area contributed by atoms with Crippen molar-refractivity contribution in [2.24, 2.45) is 0 Å². The molecular formula is C19H27N3O3S2. The number of rotatable bonds is 10. The third-order valence-electron chi connectivity index (χ3n) is 4.25. The van der Waals surface area contributed by atoms with E-state index >= 15 is 0 Å². The van der Waals surface area contributed by atoms with Crippen LogP contribution in [0.2, 0.25) is 0 Å². The lowest BCUT2D eigenvalue weighted by Crippen LogP contribution is -2.30. The lowest BCUT2D eigenvalue weighted by molar-refractivity contribution is -0.116. The highest BCUT2D eigenvalue weighted by molar-refractivity contribution is 7.89. The van der Waals surface area contributed by atoms with E-state index in [0.717, 1.165) is 30.5 Å². The molecule has 1 N–H and O–H groups in total. The zero-order valence-corrected chi connectivity index (χ0v) is 17.7. The van der Waals surface area contributed by atoms with Gasteiger partial charge in [0, 0.05) is 30.5 Å². The van der Waals surface area contributed by atoms with Crippen molar-refractivity contribution >= 4 is 32.4 Å². The Labute approximate surface area is 165 Å². The van der Waals surface area contributed by atoms with Crippen LogP contribution in [0.5, 0.6) is 0 Å². The van der Waals surface area contributed by atoms with Crippen LogP contribution in [0, 0.1) is 0 Å². The van der Waals surface area contributed by atoms with E-state index < -0.39 is 10.0 Å². The average molecular weight is 410 g/mol. The van der Waals surface area contributed by atoms with Crippen LogP contribution in [0.15, 0.2) is 34.5 Å². The number of carbonyl (C=O) groups excluding carboxylic acids is 1. The smallest absolute Gasteiger partial charge is 0.243 e. The molecule has 2 aromatic rings. The summed E-state index contributed by atoms with van der Waals surface area (Å²) < 4.78 is 26.5. The Morgan fingerprint density at radius 3 is 2.37 bits per heavy atom. The van der Waals surface area contributed by atoms with Crippen LogP contribution >= 0.6 is 11.3 Å². The first kappa shape index (κ1) is 21.5. The van der Waals surface area contributed by atoms with Crippen molar-refractivity contribution < 1.29 is 13.2 Å². The largest absolute Gasteiger partial charge is 0.302 e. The molecule has 0 spiro atoms. The van der Waals surface area contributed by atoms with Crippen molar-refractivity contribution in [2.75, 3.05) is 18.4 Å². The van der Waals surface area contributed by atoms with Crippen LogP contribution in [0.3, 0.4) is 0 Å². The molecule has 6 nitrogen and oxygen atoms in total. The van der Waals surface area contributed by atoms with Crippen molar-refractivity contribution in [3.63, 3.8) is 0 Å². The van der Waals surface area contributed by atoms with Crippen LogP contribution in [-0.4, -0.2) is 36.7 Å². The third-order valence-corrected chi connectivity index (χ3v) is 7.07. The number of amides is 1. The van der Waals surface area contributed by atoms with Crippen molar-refractivity contribution in [2.45, 2.75) is 51.3 Å². The molecule has 0 fully saturated rings. The maximum Gasteiger partial charge on any atom is 0.243 e. The monoisotopic (exact) mass is 409 g/mol. The number of hydrogen-bond acceptors (Lipinski definition) is 5. The highest BCUT2D eigenvalue weighted by Crippen LogP contribution is 2.26. The fourth-order valence-corrected chi connectivity index (χ4v) is 4.89. The Hall–Kier alpha value is -1.77. The molecule has 1 aromatic carbocycles. The predicted octanol–water partition coefficient (Wildman–Crippen LogP) is 4.36. The Morgan fingerprint density at radius 2 is 1.78 bits per heavy atom. The van der Waals surface area contributed by atoms with Crippen molar-refractivity contribution in [3.05, 3.63) is 29.6 Å². The van der Waals surface area contributed by atoms with Gasteiger partial charge in [-0.3, -0.25) is 4.79 Å². The minimum absolute atomic E-state index is 0.0231. The lowest BCUT2D eigenvalue weighted by Gasteiger charge is -2.18. The highest BCUT2D eigenvalue weighted by Gasteiger charge is 2.21. The van der Waals surface area contributed by atoms with Gasteiger partial charge < -0.3 is 5.32 Å². The van der Waals surface area contributed by atoms with Crippen molar-refractivity contribution in [1.29, 1.82) is 0 Å². The minimum Gasteiger partial charge on any atom is -0.302 e. The van der Waals surface area contributed by atoms with Crippen LogP contribution < -0.4 is 5.32 Å². The van der Waals surface area contributed by atoms with Crippen molar-refractivity contribution in [1.82, 2.24) is 9.29 Å². The van der Waals surface area contributed by atoms with Gasteiger partial charge in [-0.25, -0.2) is 13.4 Å². The van der Waals surface area contributed by atoms with Gasteiger partial charge in [0.05, 0.1) is 10.6 Å². The number of carbonyl (C=O) groups is 1. The molecule has 0 saturated heterocycles. The second-order valence-corrected chi connectivity index (χ2v) is 8.95. The first-order chi connectivity index (χ1) is 12.9. The van der Waals surface area contributed by atoms with Gasteiger partial charge in [0.15, 0.2) is 5.13 Å². The molecule has 1 heterocycles. The topological polar surface area (TPSA) is 79.4 Å². The molecule has 0 unspecified atom stereocenters. The van der Waals surface area contributed by atoms with E-state index in [-0.39, 0.29) is 10.8 Å². The number of hydrogen-bond donors (Lipinski definition) is 1. The number of thiazole rings is 1. The van der Waals surface area contributed by atoms with E-state index in [0.29, 0.717) is 24.6 Å². The quantitative estimate of drug-likeness (QED) is 0.591. The van der Waals surface area contributed by atoms with Gasteiger partial charge in [-0.05, 0) is 18.6 Å². The number of nitrogens with one attached hydrogen (secondary N) is 1. The number of anilines is 1. The maximum absolute atomic E-state index is 12.5. The second kappa shape index (κ2) is 9.96. The Kier molecular flexibility index (Phi) is 7.94. The molecule has 8 heteroatoms. The van der Waals surface area contributed by atoms with E-state index in [4.69, 9.17) is 0 Å². The summed E-state index contributed by atoms with van der Waals surface area (Å²) in [5.74, 6) is -0.0231. The van der Waals surface area contributed by atoms with Gasteiger partial charge in [0.25, 0.3) is 0 Å². The van der Waals surface area contributed by atoms with Crippen LogP contribution in [0.1, 0.15) is 46.5 Å². The fourth-order valence-electron chi connectivity index (χ4n) is 2.69. The summed E-state index contributed by atoms with van der Waals surface area (Å²) in [6, 6.07) is 6.70. The first-order valence-corrected chi connectivity index (χ1v) is 11.6. The molecule has 0 aliphatic rings. The van der Waals surface area contributed by atoms with Crippen molar-refractivity contribution in [3.8, 4) is 11.3 Å². The molecule has 0 radical (unpaired) electrons. The molecule has 0 saturated carbocycles. The molecule has 0 aliphatic carbocycles. The Balaban J connectivity index is 2.08. The second-order valence-electron chi connectivity index (χ2n) is 6.16. The number of aromatic nitrogens is 1. The van der Waals surface area contributed by atoms with Gasteiger partial charge in [-0.2, -0.15) is 4.31 Å². The summed E-state index contributed by atoms with van der Waals surface area (Å²) in [5.41, 5.74) is 1.53. The average Bonchev–Trinajstić information content (AvgIpc) is 3.11. The Morgan fingerprint density at radius 1 is 1.11 bits per heavy atom. The summed E-state index contributed by atoms with van der Waals surface area (Å²) in [6.07, 6.45) is 3.50. The molecule has 0 aliphatic heterocycles. The van der Waals surface area contributed by atoms with E-state index in [1.807, 2.05) is 19.2 Å². The SMILES string of the molecule is CCCCCC(=O)Nc1nc(-c2ccc(S(=O)(=O)N(CC)CC)cc2)cs1. The van der Waals surface area contributed by atoms with Gasteiger partial charge in [0.2, 0.25) is 15.9 Å².